The van der Waals surface area contributed by atoms with E-state index in [-0.39, 0.29) is 12.0 Å². The van der Waals surface area contributed by atoms with Gasteiger partial charge in [0, 0.05) is 31.2 Å². The van der Waals surface area contributed by atoms with Gasteiger partial charge in [0.15, 0.2) is 0 Å². The lowest BCUT2D eigenvalue weighted by atomic mass is 9.80. The van der Waals surface area contributed by atoms with Crippen molar-refractivity contribution < 1.29 is 9.84 Å². The van der Waals surface area contributed by atoms with E-state index in [0.717, 1.165) is 38.5 Å². The molecule has 0 bridgehead atoms. The van der Waals surface area contributed by atoms with Gasteiger partial charge in [-0.3, -0.25) is 0 Å². The standard InChI is InChI=1S/C17H25NO2/c19-13-17(8-10-20-11-9-17)12-18-16(15-6-7-15)14-4-2-1-3-5-14/h1-5,15-16,18-19H,6-13H2. The maximum atomic E-state index is 9.78. The molecule has 3 nitrogen and oxygen atoms in total. The van der Waals surface area contributed by atoms with Crippen LogP contribution in [0.15, 0.2) is 30.3 Å². The molecule has 2 fully saturated rings. The fraction of sp³-hybridized carbons (Fsp3) is 0.647. The molecule has 0 spiro atoms. The predicted molar refractivity (Wildman–Crippen MR) is 79.5 cm³/mol. The quantitative estimate of drug-likeness (QED) is 0.838. The van der Waals surface area contributed by atoms with Crippen LogP contribution in [0.5, 0.6) is 0 Å². The Bertz CT molecular complexity index is 410. The summed E-state index contributed by atoms with van der Waals surface area (Å²) in [7, 11) is 0. The fourth-order valence-electron chi connectivity index (χ4n) is 3.17. The molecular formula is C17H25NO2. The number of ether oxygens (including phenoxy) is 1. The third-order valence-corrected chi connectivity index (χ3v) is 4.84. The summed E-state index contributed by atoms with van der Waals surface area (Å²) in [5.74, 6) is 0.771. The normalized spacial score (nSPS) is 23.4. The van der Waals surface area contributed by atoms with Gasteiger partial charge in [-0.2, -0.15) is 0 Å². The molecule has 0 aromatic heterocycles. The predicted octanol–water partition coefficient (Wildman–Crippen LogP) is 2.52. The number of hydrogen-bond donors (Lipinski definition) is 2. The Balaban J connectivity index is 1.65. The first-order chi connectivity index (χ1) is 9.83. The molecule has 1 aliphatic heterocycles. The van der Waals surface area contributed by atoms with E-state index in [2.05, 4.69) is 35.6 Å². The van der Waals surface area contributed by atoms with Crippen LogP contribution in [-0.4, -0.2) is 31.5 Å². The van der Waals surface area contributed by atoms with Gasteiger partial charge in [-0.25, -0.2) is 0 Å². The van der Waals surface area contributed by atoms with Gasteiger partial charge in [-0.1, -0.05) is 30.3 Å². The third-order valence-electron chi connectivity index (χ3n) is 4.84. The summed E-state index contributed by atoms with van der Waals surface area (Å²) in [4.78, 5) is 0. The summed E-state index contributed by atoms with van der Waals surface area (Å²) in [6.45, 7) is 2.71. The Hall–Kier alpha value is -0.900. The zero-order valence-corrected chi connectivity index (χ0v) is 12.1. The molecule has 1 saturated carbocycles. The Labute approximate surface area is 121 Å². The zero-order valence-electron chi connectivity index (χ0n) is 12.1. The molecule has 0 amide bonds. The van der Waals surface area contributed by atoms with Gasteiger partial charge < -0.3 is 15.2 Å². The highest BCUT2D eigenvalue weighted by Crippen LogP contribution is 2.41. The van der Waals surface area contributed by atoms with Gasteiger partial charge in [-0.05, 0) is 37.2 Å². The van der Waals surface area contributed by atoms with Crippen molar-refractivity contribution in [2.24, 2.45) is 11.3 Å². The lowest BCUT2D eigenvalue weighted by molar-refractivity contribution is -0.0168. The molecule has 1 aliphatic carbocycles. The van der Waals surface area contributed by atoms with Crippen LogP contribution in [0, 0.1) is 11.3 Å². The minimum Gasteiger partial charge on any atom is -0.396 e. The van der Waals surface area contributed by atoms with Crippen LogP contribution in [0.25, 0.3) is 0 Å². The van der Waals surface area contributed by atoms with Gasteiger partial charge >= 0.3 is 0 Å². The number of benzene rings is 1. The maximum Gasteiger partial charge on any atom is 0.0501 e. The molecule has 0 radical (unpaired) electrons. The van der Waals surface area contributed by atoms with Crippen LogP contribution in [0.4, 0.5) is 0 Å². The van der Waals surface area contributed by atoms with Gasteiger partial charge in [0.05, 0.1) is 6.61 Å². The summed E-state index contributed by atoms with van der Waals surface area (Å²) < 4.78 is 5.44. The minimum absolute atomic E-state index is 0.0141. The van der Waals surface area contributed by atoms with Crippen molar-refractivity contribution in [3.63, 3.8) is 0 Å². The first-order valence-electron chi connectivity index (χ1n) is 7.80. The Morgan fingerprint density at radius 1 is 1.20 bits per heavy atom. The average molecular weight is 275 g/mol. The molecule has 110 valence electrons. The SMILES string of the molecule is OCC1(CNC(c2ccccc2)C2CC2)CCOCC1. The highest BCUT2D eigenvalue weighted by molar-refractivity contribution is 5.21. The molecule has 1 aromatic carbocycles. The molecule has 1 atom stereocenters. The first kappa shape index (κ1) is 14.1. The zero-order chi connectivity index (χ0) is 13.8. The highest BCUT2D eigenvalue weighted by atomic mass is 16.5. The summed E-state index contributed by atoms with van der Waals surface area (Å²) >= 11 is 0. The molecule has 3 rings (SSSR count). The summed E-state index contributed by atoms with van der Waals surface area (Å²) in [6, 6.07) is 11.2. The van der Waals surface area contributed by atoms with E-state index in [1.807, 2.05) is 0 Å². The van der Waals surface area contributed by atoms with Crippen LogP contribution < -0.4 is 5.32 Å². The highest BCUT2D eigenvalue weighted by Gasteiger charge is 2.36. The van der Waals surface area contributed by atoms with E-state index >= 15 is 0 Å². The lowest BCUT2D eigenvalue weighted by Crippen LogP contribution is -2.43. The van der Waals surface area contributed by atoms with E-state index in [1.165, 1.54) is 18.4 Å². The molecule has 1 saturated heterocycles. The maximum absolute atomic E-state index is 9.78. The number of nitrogens with one attached hydrogen (secondary N) is 1. The van der Waals surface area contributed by atoms with E-state index in [0.29, 0.717) is 6.04 Å². The van der Waals surface area contributed by atoms with Gasteiger partial charge in [0.2, 0.25) is 0 Å². The Morgan fingerprint density at radius 3 is 2.50 bits per heavy atom. The van der Waals surface area contributed by atoms with Gasteiger partial charge in [0.1, 0.15) is 0 Å². The van der Waals surface area contributed by atoms with Crippen LogP contribution in [0.1, 0.15) is 37.3 Å². The van der Waals surface area contributed by atoms with E-state index in [1.54, 1.807) is 0 Å². The van der Waals surface area contributed by atoms with E-state index in [9.17, 15) is 5.11 Å². The van der Waals surface area contributed by atoms with Crippen LogP contribution in [0.2, 0.25) is 0 Å². The summed E-state index contributed by atoms with van der Waals surface area (Å²) in [6.07, 6.45) is 4.56. The second kappa shape index (κ2) is 6.25. The number of aliphatic hydroxyl groups excluding tert-OH is 1. The topological polar surface area (TPSA) is 41.5 Å². The smallest absolute Gasteiger partial charge is 0.0501 e. The second-order valence-electron chi connectivity index (χ2n) is 6.38. The Kier molecular flexibility index (Phi) is 4.39. The average Bonchev–Trinajstić information content (AvgIpc) is 3.34. The molecule has 1 aromatic rings. The third kappa shape index (κ3) is 3.22. The number of hydrogen-bond acceptors (Lipinski definition) is 3. The van der Waals surface area contributed by atoms with Crippen LogP contribution >= 0.6 is 0 Å². The van der Waals surface area contributed by atoms with Crippen molar-refractivity contribution in [1.82, 2.24) is 5.32 Å². The molecular weight excluding hydrogens is 250 g/mol. The molecule has 20 heavy (non-hydrogen) atoms. The molecule has 2 aliphatic rings. The fourth-order valence-corrected chi connectivity index (χ4v) is 3.17. The summed E-state index contributed by atoms with van der Waals surface area (Å²) in [5, 5.41) is 13.5. The van der Waals surface area contributed by atoms with Crippen molar-refractivity contribution in [3.8, 4) is 0 Å². The largest absolute Gasteiger partial charge is 0.396 e. The lowest BCUT2D eigenvalue weighted by Gasteiger charge is -2.37. The van der Waals surface area contributed by atoms with Gasteiger partial charge in [-0.15, -0.1) is 0 Å². The second-order valence-corrected chi connectivity index (χ2v) is 6.38. The molecule has 1 unspecified atom stereocenters. The first-order valence-corrected chi connectivity index (χ1v) is 7.80. The number of aliphatic hydroxyl groups is 1. The molecule has 3 heteroatoms. The molecule has 1 heterocycles. The van der Waals surface area contributed by atoms with E-state index < -0.39 is 0 Å². The van der Waals surface area contributed by atoms with Crippen LogP contribution in [0.3, 0.4) is 0 Å². The Morgan fingerprint density at radius 2 is 1.90 bits per heavy atom. The van der Waals surface area contributed by atoms with Crippen molar-refractivity contribution in [2.45, 2.75) is 31.7 Å². The number of rotatable bonds is 6. The summed E-state index contributed by atoms with van der Waals surface area (Å²) in [5.41, 5.74) is 1.40. The van der Waals surface area contributed by atoms with Crippen molar-refractivity contribution in [1.29, 1.82) is 0 Å². The van der Waals surface area contributed by atoms with E-state index in [4.69, 9.17) is 4.74 Å². The van der Waals surface area contributed by atoms with Crippen LogP contribution in [-0.2, 0) is 4.74 Å². The van der Waals surface area contributed by atoms with Crippen molar-refractivity contribution in [3.05, 3.63) is 35.9 Å². The monoisotopic (exact) mass is 275 g/mol. The van der Waals surface area contributed by atoms with Gasteiger partial charge in [0.25, 0.3) is 0 Å². The van der Waals surface area contributed by atoms with Crippen molar-refractivity contribution in [2.75, 3.05) is 26.4 Å². The van der Waals surface area contributed by atoms with Crippen molar-refractivity contribution >= 4 is 0 Å². The molecule has 2 N–H and O–H groups in total. The minimum atomic E-state index is 0.0141.